The second-order valence-corrected chi connectivity index (χ2v) is 5.83. The average molecular weight is 227 g/mol. The maximum absolute atomic E-state index is 8.93. The molecule has 15 heavy (non-hydrogen) atoms. The monoisotopic (exact) mass is 227 g/mol. The van der Waals surface area contributed by atoms with Crippen LogP contribution in [0.1, 0.15) is 26.6 Å². The molecule has 0 bridgehead atoms. The van der Waals surface area contributed by atoms with E-state index >= 15 is 0 Å². The number of rotatable bonds is 2. The van der Waals surface area contributed by atoms with E-state index in [9.17, 15) is 0 Å². The summed E-state index contributed by atoms with van der Waals surface area (Å²) in [6, 6.07) is 0. The zero-order valence-corrected chi connectivity index (χ0v) is 10.2. The minimum Gasteiger partial charge on any atom is -0.396 e. The molecular weight excluding hydrogens is 210 g/mol. The molecule has 1 aliphatic rings. The van der Waals surface area contributed by atoms with Crippen LogP contribution in [0.3, 0.4) is 0 Å². The summed E-state index contributed by atoms with van der Waals surface area (Å²) >= 11 is 1.46. The van der Waals surface area contributed by atoms with Crippen molar-refractivity contribution in [2.24, 2.45) is 5.92 Å². The number of nitrogens with zero attached hydrogens (tertiary/aromatic N) is 3. The Hall–Kier alpha value is -0.680. The van der Waals surface area contributed by atoms with Crippen molar-refractivity contribution < 1.29 is 5.11 Å². The van der Waals surface area contributed by atoms with Crippen LogP contribution in [0, 0.1) is 5.92 Å². The van der Waals surface area contributed by atoms with Crippen molar-refractivity contribution in [3.8, 4) is 0 Å². The summed E-state index contributed by atoms with van der Waals surface area (Å²) in [6.45, 7) is 8.45. The minimum atomic E-state index is 0.0238. The first-order chi connectivity index (χ1) is 7.00. The molecule has 1 aromatic heterocycles. The van der Waals surface area contributed by atoms with Gasteiger partial charge >= 0.3 is 0 Å². The number of anilines is 1. The third-order valence-corrected chi connectivity index (χ3v) is 3.35. The van der Waals surface area contributed by atoms with Gasteiger partial charge in [0, 0.05) is 42.6 Å². The maximum Gasteiger partial charge on any atom is 0.205 e. The Morgan fingerprint density at radius 2 is 2.13 bits per heavy atom. The summed E-state index contributed by atoms with van der Waals surface area (Å²) in [5.74, 6) is 1.34. The number of aliphatic hydroxyl groups excluding tert-OH is 1. The Morgan fingerprint density at radius 3 is 2.60 bits per heavy atom. The summed E-state index contributed by atoms with van der Waals surface area (Å²) in [7, 11) is 0. The van der Waals surface area contributed by atoms with Crippen molar-refractivity contribution in [2.75, 3.05) is 24.6 Å². The second-order valence-electron chi connectivity index (χ2n) is 5.10. The Bertz CT molecular complexity index is 339. The van der Waals surface area contributed by atoms with Gasteiger partial charge < -0.3 is 10.0 Å². The van der Waals surface area contributed by atoms with Gasteiger partial charge in [-0.3, -0.25) is 0 Å². The fourth-order valence-corrected chi connectivity index (χ4v) is 2.36. The highest BCUT2D eigenvalue weighted by Gasteiger charge is 2.29. The van der Waals surface area contributed by atoms with E-state index in [-0.39, 0.29) is 12.0 Å². The first-order valence-corrected chi connectivity index (χ1v) is 5.98. The highest BCUT2D eigenvalue weighted by atomic mass is 32.1. The SMILES string of the molecule is CC(C)(C)c1nsc(N2CC(CO)C2)n1. The molecular formula is C10H17N3OS. The van der Waals surface area contributed by atoms with Crippen molar-refractivity contribution in [3.63, 3.8) is 0 Å². The van der Waals surface area contributed by atoms with Crippen molar-refractivity contribution in [1.82, 2.24) is 9.36 Å². The molecule has 1 aromatic rings. The molecule has 0 radical (unpaired) electrons. The summed E-state index contributed by atoms with van der Waals surface area (Å²) in [5, 5.41) is 9.92. The lowest BCUT2D eigenvalue weighted by molar-refractivity contribution is 0.200. The lowest BCUT2D eigenvalue weighted by atomic mass is 9.96. The number of aromatic nitrogens is 2. The van der Waals surface area contributed by atoms with Crippen LogP contribution < -0.4 is 4.90 Å². The molecule has 4 nitrogen and oxygen atoms in total. The largest absolute Gasteiger partial charge is 0.396 e. The average Bonchev–Trinajstić information content (AvgIpc) is 2.50. The van der Waals surface area contributed by atoms with Gasteiger partial charge in [-0.2, -0.15) is 4.37 Å². The third-order valence-electron chi connectivity index (χ3n) is 2.57. The van der Waals surface area contributed by atoms with E-state index in [0.717, 1.165) is 24.0 Å². The summed E-state index contributed by atoms with van der Waals surface area (Å²) < 4.78 is 4.37. The topological polar surface area (TPSA) is 49.2 Å². The van der Waals surface area contributed by atoms with E-state index in [4.69, 9.17) is 5.11 Å². The Balaban J connectivity index is 2.03. The quantitative estimate of drug-likeness (QED) is 0.826. The predicted molar refractivity (Wildman–Crippen MR) is 61.4 cm³/mol. The molecule has 1 aliphatic heterocycles. The van der Waals surface area contributed by atoms with Crippen LogP contribution in [0.15, 0.2) is 0 Å². The number of hydrogen-bond donors (Lipinski definition) is 1. The number of aliphatic hydroxyl groups is 1. The highest BCUT2D eigenvalue weighted by Crippen LogP contribution is 2.29. The Labute approximate surface area is 94.1 Å². The van der Waals surface area contributed by atoms with Crippen molar-refractivity contribution >= 4 is 16.7 Å². The molecule has 0 saturated carbocycles. The maximum atomic E-state index is 8.93. The normalized spacial score (nSPS) is 18.0. The van der Waals surface area contributed by atoms with Crippen LogP contribution in [-0.4, -0.2) is 34.2 Å². The molecule has 1 fully saturated rings. The van der Waals surface area contributed by atoms with E-state index < -0.39 is 0 Å². The van der Waals surface area contributed by atoms with E-state index in [0.29, 0.717) is 5.92 Å². The minimum absolute atomic E-state index is 0.0238. The second kappa shape index (κ2) is 3.72. The van der Waals surface area contributed by atoms with E-state index in [1.807, 2.05) is 0 Å². The lowest BCUT2D eigenvalue weighted by Crippen LogP contribution is -2.48. The summed E-state index contributed by atoms with van der Waals surface area (Å²) in [6.07, 6.45) is 0. The zero-order valence-electron chi connectivity index (χ0n) is 9.40. The van der Waals surface area contributed by atoms with Gasteiger partial charge in [0.15, 0.2) is 0 Å². The fourth-order valence-electron chi connectivity index (χ4n) is 1.49. The molecule has 84 valence electrons. The standard InChI is InChI=1S/C10H17N3OS/c1-10(2,3)8-11-9(15-12-8)13-4-7(5-13)6-14/h7,14H,4-6H2,1-3H3. The van der Waals surface area contributed by atoms with Crippen molar-refractivity contribution in [2.45, 2.75) is 26.2 Å². The molecule has 0 unspecified atom stereocenters. The van der Waals surface area contributed by atoms with Crippen LogP contribution in [-0.2, 0) is 5.41 Å². The molecule has 0 aromatic carbocycles. The molecule has 0 atom stereocenters. The predicted octanol–water partition coefficient (Wildman–Crippen LogP) is 1.26. The van der Waals surface area contributed by atoms with Crippen LogP contribution in [0.25, 0.3) is 0 Å². The van der Waals surface area contributed by atoms with Crippen LogP contribution >= 0.6 is 11.5 Å². The molecule has 0 amide bonds. The van der Waals surface area contributed by atoms with Gasteiger partial charge in [-0.25, -0.2) is 4.98 Å². The lowest BCUT2D eigenvalue weighted by Gasteiger charge is -2.37. The molecule has 1 saturated heterocycles. The van der Waals surface area contributed by atoms with Crippen LogP contribution in [0.4, 0.5) is 5.13 Å². The van der Waals surface area contributed by atoms with E-state index in [1.165, 1.54) is 11.5 Å². The van der Waals surface area contributed by atoms with Gasteiger partial charge in [-0.15, -0.1) is 0 Å². The first kappa shape index (κ1) is 10.8. The van der Waals surface area contributed by atoms with E-state index in [2.05, 4.69) is 35.0 Å². The van der Waals surface area contributed by atoms with Crippen LogP contribution in [0.2, 0.25) is 0 Å². The third kappa shape index (κ3) is 2.13. The Morgan fingerprint density at radius 1 is 1.47 bits per heavy atom. The van der Waals surface area contributed by atoms with Gasteiger partial charge in [-0.1, -0.05) is 20.8 Å². The molecule has 1 N–H and O–H groups in total. The smallest absolute Gasteiger partial charge is 0.205 e. The molecule has 2 heterocycles. The molecule has 0 aliphatic carbocycles. The molecule has 0 spiro atoms. The van der Waals surface area contributed by atoms with Crippen molar-refractivity contribution in [3.05, 3.63) is 5.82 Å². The van der Waals surface area contributed by atoms with Gasteiger partial charge in [0.25, 0.3) is 0 Å². The van der Waals surface area contributed by atoms with Gasteiger partial charge in [0.2, 0.25) is 5.13 Å². The summed E-state index contributed by atoms with van der Waals surface area (Å²) in [5.41, 5.74) is 0.0238. The Kier molecular flexibility index (Phi) is 2.68. The zero-order chi connectivity index (χ0) is 11.1. The fraction of sp³-hybridized carbons (Fsp3) is 0.800. The highest BCUT2D eigenvalue weighted by molar-refractivity contribution is 7.09. The van der Waals surface area contributed by atoms with Crippen LogP contribution in [0.5, 0.6) is 0 Å². The van der Waals surface area contributed by atoms with Gasteiger partial charge in [-0.05, 0) is 0 Å². The first-order valence-electron chi connectivity index (χ1n) is 5.20. The number of hydrogen-bond acceptors (Lipinski definition) is 5. The molecule has 2 rings (SSSR count). The van der Waals surface area contributed by atoms with Gasteiger partial charge in [0.05, 0.1) is 0 Å². The van der Waals surface area contributed by atoms with Crippen molar-refractivity contribution in [1.29, 1.82) is 0 Å². The summed E-state index contributed by atoms with van der Waals surface area (Å²) in [4.78, 5) is 6.70. The molecule has 5 heteroatoms. The van der Waals surface area contributed by atoms with Gasteiger partial charge in [0.1, 0.15) is 5.82 Å². The van der Waals surface area contributed by atoms with E-state index in [1.54, 1.807) is 0 Å².